The molecule has 0 aliphatic carbocycles. The molecule has 2 aromatic heterocycles. The summed E-state index contributed by atoms with van der Waals surface area (Å²) in [4.78, 5) is 20.0. The third-order valence-electron chi connectivity index (χ3n) is 2.62. The summed E-state index contributed by atoms with van der Waals surface area (Å²) in [5.74, 6) is -0.323. The van der Waals surface area contributed by atoms with Gasteiger partial charge in [-0.1, -0.05) is 0 Å². The van der Waals surface area contributed by atoms with Gasteiger partial charge in [0.15, 0.2) is 0 Å². The van der Waals surface area contributed by atoms with Gasteiger partial charge < -0.3 is 5.32 Å². The van der Waals surface area contributed by atoms with Crippen LogP contribution in [0.1, 0.15) is 29.9 Å². The van der Waals surface area contributed by atoms with Crippen LogP contribution >= 0.6 is 15.9 Å². The van der Waals surface area contributed by atoms with Crippen molar-refractivity contribution < 1.29 is 9.18 Å². The molecule has 104 valence electrons. The van der Waals surface area contributed by atoms with Crippen LogP contribution < -0.4 is 5.32 Å². The summed E-state index contributed by atoms with van der Waals surface area (Å²) in [6.45, 7) is 2.80. The van der Waals surface area contributed by atoms with E-state index in [0.29, 0.717) is 15.9 Å². The number of aromatic nitrogens is 2. The Morgan fingerprint density at radius 2 is 1.95 bits per heavy atom. The van der Waals surface area contributed by atoms with Crippen LogP contribution in [0.3, 0.4) is 0 Å². The molecule has 2 rings (SSSR count). The van der Waals surface area contributed by atoms with E-state index in [1.54, 1.807) is 24.4 Å². The molecule has 6 heteroatoms. The van der Waals surface area contributed by atoms with Crippen molar-refractivity contribution in [3.8, 4) is 0 Å². The Hall–Kier alpha value is -1.82. The van der Waals surface area contributed by atoms with Gasteiger partial charge >= 0.3 is 0 Å². The van der Waals surface area contributed by atoms with E-state index in [0.717, 1.165) is 0 Å². The quantitative estimate of drug-likeness (QED) is 0.869. The van der Waals surface area contributed by atoms with E-state index in [1.807, 2.05) is 0 Å². The molecule has 0 fully saturated rings. The van der Waals surface area contributed by atoms with Crippen molar-refractivity contribution in [2.24, 2.45) is 0 Å². The second-order valence-electron chi connectivity index (χ2n) is 4.72. The number of carbonyl (C=O) groups is 1. The lowest BCUT2D eigenvalue weighted by molar-refractivity contribution is 0.102. The molecule has 2 aromatic rings. The first-order chi connectivity index (χ1) is 9.36. The van der Waals surface area contributed by atoms with Crippen molar-refractivity contribution in [2.75, 3.05) is 5.32 Å². The summed E-state index contributed by atoms with van der Waals surface area (Å²) in [6, 6.07) is 6.34. The molecule has 0 spiro atoms. The van der Waals surface area contributed by atoms with Gasteiger partial charge in [-0.15, -0.1) is 0 Å². The summed E-state index contributed by atoms with van der Waals surface area (Å²) < 4.78 is 14.5. The van der Waals surface area contributed by atoms with E-state index in [2.05, 4.69) is 31.2 Å². The van der Waals surface area contributed by atoms with Gasteiger partial charge in [0.25, 0.3) is 5.91 Å². The van der Waals surface area contributed by atoms with Gasteiger partial charge in [-0.3, -0.25) is 9.78 Å². The number of amides is 1. The van der Waals surface area contributed by atoms with E-state index in [-0.39, 0.29) is 11.6 Å². The Morgan fingerprint density at radius 3 is 2.60 bits per heavy atom. The maximum Gasteiger partial charge on any atom is 0.255 e. The number of pyridine rings is 2. The predicted octanol–water partition coefficient (Wildman–Crippen LogP) is 3.70. The standard InChI is InChI=1S/C14H13BrFN3O/c1-14(2,16)11-7-9(3-5-17-11)13(20)19-10-4-6-18-12(15)8-10/h3-8H,1-2H3,(H,18,19,20). The van der Waals surface area contributed by atoms with E-state index >= 15 is 0 Å². The summed E-state index contributed by atoms with van der Waals surface area (Å²) in [6.07, 6.45) is 3.00. The molecule has 1 N–H and O–H groups in total. The largest absolute Gasteiger partial charge is 0.322 e. The maximum absolute atomic E-state index is 13.8. The van der Waals surface area contributed by atoms with Crippen LogP contribution in [0.5, 0.6) is 0 Å². The van der Waals surface area contributed by atoms with Crippen LogP contribution in [0.2, 0.25) is 0 Å². The minimum absolute atomic E-state index is 0.223. The molecule has 0 bridgehead atoms. The summed E-state index contributed by atoms with van der Waals surface area (Å²) in [5, 5.41) is 2.72. The zero-order valence-corrected chi connectivity index (χ0v) is 12.6. The number of hydrogen-bond acceptors (Lipinski definition) is 3. The Balaban J connectivity index is 2.22. The van der Waals surface area contributed by atoms with E-state index in [4.69, 9.17) is 0 Å². The third kappa shape index (κ3) is 3.60. The first-order valence-corrected chi connectivity index (χ1v) is 6.74. The van der Waals surface area contributed by atoms with E-state index in [1.165, 1.54) is 26.1 Å². The number of carbonyl (C=O) groups excluding carboxylic acids is 1. The number of nitrogens with one attached hydrogen (secondary N) is 1. The van der Waals surface area contributed by atoms with Crippen molar-refractivity contribution in [1.29, 1.82) is 0 Å². The van der Waals surface area contributed by atoms with Crippen LogP contribution in [-0.2, 0) is 5.67 Å². The number of hydrogen-bond donors (Lipinski definition) is 1. The van der Waals surface area contributed by atoms with Crippen LogP contribution in [-0.4, -0.2) is 15.9 Å². The van der Waals surface area contributed by atoms with Gasteiger partial charge in [0.1, 0.15) is 10.3 Å². The highest BCUT2D eigenvalue weighted by atomic mass is 79.9. The third-order valence-corrected chi connectivity index (χ3v) is 3.05. The molecular formula is C14H13BrFN3O. The molecule has 0 saturated heterocycles. The smallest absolute Gasteiger partial charge is 0.255 e. The Kier molecular flexibility index (Phi) is 4.13. The topological polar surface area (TPSA) is 54.9 Å². The highest BCUT2D eigenvalue weighted by Crippen LogP contribution is 2.23. The van der Waals surface area contributed by atoms with E-state index < -0.39 is 5.67 Å². The lowest BCUT2D eigenvalue weighted by Crippen LogP contribution is -2.16. The molecule has 0 atom stereocenters. The molecule has 0 aromatic carbocycles. The minimum Gasteiger partial charge on any atom is -0.322 e. The highest BCUT2D eigenvalue weighted by molar-refractivity contribution is 9.10. The van der Waals surface area contributed by atoms with Gasteiger partial charge in [0.2, 0.25) is 0 Å². The second-order valence-corrected chi connectivity index (χ2v) is 5.54. The number of anilines is 1. The first-order valence-electron chi connectivity index (χ1n) is 5.94. The van der Waals surface area contributed by atoms with Gasteiger partial charge in [-0.2, -0.15) is 0 Å². The van der Waals surface area contributed by atoms with Crippen molar-refractivity contribution in [2.45, 2.75) is 19.5 Å². The average molecular weight is 338 g/mol. The Morgan fingerprint density at radius 1 is 1.25 bits per heavy atom. The molecule has 1 amide bonds. The molecule has 2 heterocycles. The lowest BCUT2D eigenvalue weighted by atomic mass is 10.0. The zero-order chi connectivity index (χ0) is 14.8. The number of alkyl halides is 1. The Labute approximate surface area is 124 Å². The monoisotopic (exact) mass is 337 g/mol. The highest BCUT2D eigenvalue weighted by Gasteiger charge is 2.21. The molecule has 0 unspecified atom stereocenters. The van der Waals surface area contributed by atoms with Crippen LogP contribution in [0.25, 0.3) is 0 Å². The summed E-state index contributed by atoms with van der Waals surface area (Å²) in [5.41, 5.74) is -0.403. The van der Waals surface area contributed by atoms with Crippen LogP contribution in [0.4, 0.5) is 10.1 Å². The zero-order valence-electron chi connectivity index (χ0n) is 11.0. The predicted molar refractivity (Wildman–Crippen MR) is 78.3 cm³/mol. The van der Waals surface area contributed by atoms with Crippen molar-refractivity contribution in [1.82, 2.24) is 9.97 Å². The van der Waals surface area contributed by atoms with Gasteiger partial charge in [-0.25, -0.2) is 9.37 Å². The number of rotatable bonds is 3. The summed E-state index contributed by atoms with van der Waals surface area (Å²) in [7, 11) is 0. The Bertz CT molecular complexity index is 640. The maximum atomic E-state index is 13.8. The molecule has 20 heavy (non-hydrogen) atoms. The van der Waals surface area contributed by atoms with E-state index in [9.17, 15) is 9.18 Å². The minimum atomic E-state index is -1.59. The fourth-order valence-corrected chi connectivity index (χ4v) is 1.95. The molecule has 0 aliphatic heterocycles. The van der Waals surface area contributed by atoms with Crippen LogP contribution in [0.15, 0.2) is 41.3 Å². The molecule has 0 aliphatic rings. The van der Waals surface area contributed by atoms with Gasteiger partial charge in [0.05, 0.1) is 5.69 Å². The summed E-state index contributed by atoms with van der Waals surface area (Å²) >= 11 is 3.22. The van der Waals surface area contributed by atoms with Gasteiger partial charge in [0, 0.05) is 23.6 Å². The first kappa shape index (κ1) is 14.6. The number of nitrogens with zero attached hydrogens (tertiary/aromatic N) is 2. The molecular weight excluding hydrogens is 325 g/mol. The SMILES string of the molecule is CC(C)(F)c1cc(C(=O)Nc2ccnc(Br)c2)ccn1. The fraction of sp³-hybridized carbons (Fsp3) is 0.214. The van der Waals surface area contributed by atoms with Crippen molar-refractivity contribution in [3.05, 3.63) is 52.5 Å². The normalized spacial score (nSPS) is 11.2. The van der Waals surface area contributed by atoms with Crippen molar-refractivity contribution >= 4 is 27.5 Å². The molecule has 0 radical (unpaired) electrons. The lowest BCUT2D eigenvalue weighted by Gasteiger charge is -2.14. The van der Waals surface area contributed by atoms with Crippen molar-refractivity contribution in [3.63, 3.8) is 0 Å². The van der Waals surface area contributed by atoms with Gasteiger partial charge in [-0.05, 0) is 54.0 Å². The fourth-order valence-electron chi connectivity index (χ4n) is 1.58. The molecule has 4 nitrogen and oxygen atoms in total. The number of halogens is 2. The van der Waals surface area contributed by atoms with Crippen LogP contribution in [0, 0.1) is 0 Å². The second kappa shape index (κ2) is 5.66. The molecule has 0 saturated carbocycles. The average Bonchev–Trinajstić information content (AvgIpc) is 2.38.